The Kier molecular flexibility index (Phi) is 4.98. The molecule has 0 bridgehead atoms. The lowest BCUT2D eigenvalue weighted by Gasteiger charge is -2.16. The van der Waals surface area contributed by atoms with Crippen molar-refractivity contribution in [1.82, 2.24) is 4.98 Å². The molecule has 0 saturated heterocycles. The number of carboxylic acid groups (broad SMARTS) is 1. The highest BCUT2D eigenvalue weighted by Crippen LogP contribution is 2.12. The minimum Gasteiger partial charge on any atom is -0.480 e. The predicted octanol–water partition coefficient (Wildman–Crippen LogP) is 2.60. The molecule has 1 rings (SSSR count). The SMILES string of the molecule is CC(C)C[C@H](Nc1ccc(I)cn1)C(=O)O. The number of aromatic nitrogens is 1. The van der Waals surface area contributed by atoms with E-state index in [1.54, 1.807) is 12.3 Å². The molecule has 1 aromatic rings. The number of carbonyl (C=O) groups is 1. The van der Waals surface area contributed by atoms with Gasteiger partial charge in [0.15, 0.2) is 0 Å². The number of hydrogen-bond donors (Lipinski definition) is 2. The average Bonchev–Trinajstić information content (AvgIpc) is 2.19. The van der Waals surface area contributed by atoms with Crippen molar-refractivity contribution in [3.05, 3.63) is 21.9 Å². The second-order valence-electron chi connectivity index (χ2n) is 4.03. The Labute approximate surface area is 109 Å². The molecule has 16 heavy (non-hydrogen) atoms. The van der Waals surface area contributed by atoms with Crippen molar-refractivity contribution < 1.29 is 9.90 Å². The molecule has 2 N–H and O–H groups in total. The number of hydrogen-bond acceptors (Lipinski definition) is 3. The van der Waals surface area contributed by atoms with Crippen LogP contribution in [0.25, 0.3) is 0 Å². The van der Waals surface area contributed by atoms with E-state index in [-0.39, 0.29) is 0 Å². The fourth-order valence-corrected chi connectivity index (χ4v) is 1.65. The molecule has 0 aliphatic carbocycles. The minimum absolute atomic E-state index is 0.331. The maximum atomic E-state index is 11.0. The second kappa shape index (κ2) is 6.03. The van der Waals surface area contributed by atoms with Crippen LogP contribution in [-0.2, 0) is 4.79 Å². The molecular weight excluding hydrogens is 319 g/mol. The molecule has 1 atom stereocenters. The molecule has 0 radical (unpaired) electrons. The van der Waals surface area contributed by atoms with Crippen molar-refractivity contribution in [2.24, 2.45) is 5.92 Å². The largest absolute Gasteiger partial charge is 0.480 e. The van der Waals surface area contributed by atoms with E-state index in [1.165, 1.54) is 0 Å². The van der Waals surface area contributed by atoms with Crippen LogP contribution in [0.4, 0.5) is 5.82 Å². The van der Waals surface area contributed by atoms with Gasteiger partial charge in [-0.1, -0.05) is 13.8 Å². The van der Waals surface area contributed by atoms with Crippen LogP contribution in [0.15, 0.2) is 18.3 Å². The Bertz CT molecular complexity index is 352. The molecule has 0 saturated carbocycles. The van der Waals surface area contributed by atoms with Crippen molar-refractivity contribution in [3.63, 3.8) is 0 Å². The molecule has 0 aromatic carbocycles. The van der Waals surface area contributed by atoms with Crippen LogP contribution in [0, 0.1) is 9.49 Å². The molecular formula is C11H15IN2O2. The summed E-state index contributed by atoms with van der Waals surface area (Å²) < 4.78 is 1.03. The number of halogens is 1. The van der Waals surface area contributed by atoms with Crippen molar-refractivity contribution in [1.29, 1.82) is 0 Å². The number of carboxylic acids is 1. The monoisotopic (exact) mass is 334 g/mol. The van der Waals surface area contributed by atoms with E-state index in [9.17, 15) is 4.79 Å². The van der Waals surface area contributed by atoms with Crippen LogP contribution in [0.2, 0.25) is 0 Å². The van der Waals surface area contributed by atoms with Gasteiger partial charge in [0.25, 0.3) is 0 Å². The summed E-state index contributed by atoms with van der Waals surface area (Å²) in [5.74, 6) is 0.0972. The number of nitrogens with one attached hydrogen (secondary N) is 1. The van der Waals surface area contributed by atoms with E-state index in [4.69, 9.17) is 5.11 Å². The van der Waals surface area contributed by atoms with E-state index >= 15 is 0 Å². The summed E-state index contributed by atoms with van der Waals surface area (Å²) in [4.78, 5) is 15.1. The highest BCUT2D eigenvalue weighted by Gasteiger charge is 2.18. The summed E-state index contributed by atoms with van der Waals surface area (Å²) in [6, 6.07) is 3.11. The molecule has 1 heterocycles. The van der Waals surface area contributed by atoms with Crippen LogP contribution in [-0.4, -0.2) is 22.1 Å². The summed E-state index contributed by atoms with van der Waals surface area (Å²) in [5.41, 5.74) is 0. The van der Waals surface area contributed by atoms with Crippen LogP contribution in [0.5, 0.6) is 0 Å². The van der Waals surface area contributed by atoms with Crippen LogP contribution < -0.4 is 5.32 Å². The zero-order valence-corrected chi connectivity index (χ0v) is 11.4. The second-order valence-corrected chi connectivity index (χ2v) is 5.27. The molecule has 88 valence electrons. The number of anilines is 1. The highest BCUT2D eigenvalue weighted by atomic mass is 127. The van der Waals surface area contributed by atoms with Gasteiger partial charge >= 0.3 is 5.97 Å². The Morgan fingerprint density at radius 2 is 2.25 bits per heavy atom. The molecule has 1 aromatic heterocycles. The fourth-order valence-electron chi connectivity index (χ4n) is 1.33. The summed E-state index contributed by atoms with van der Waals surface area (Å²) in [7, 11) is 0. The van der Waals surface area contributed by atoms with E-state index < -0.39 is 12.0 Å². The number of nitrogens with zero attached hydrogens (tertiary/aromatic N) is 1. The Balaban J connectivity index is 2.68. The maximum absolute atomic E-state index is 11.0. The highest BCUT2D eigenvalue weighted by molar-refractivity contribution is 14.1. The van der Waals surface area contributed by atoms with E-state index in [0.717, 1.165) is 3.57 Å². The smallest absolute Gasteiger partial charge is 0.326 e. The molecule has 0 unspecified atom stereocenters. The quantitative estimate of drug-likeness (QED) is 0.813. The van der Waals surface area contributed by atoms with E-state index in [0.29, 0.717) is 18.2 Å². The first-order valence-corrected chi connectivity index (χ1v) is 6.18. The van der Waals surface area contributed by atoms with E-state index in [2.05, 4.69) is 32.9 Å². The van der Waals surface area contributed by atoms with Gasteiger partial charge in [0.1, 0.15) is 11.9 Å². The standard InChI is InChI=1S/C11H15IN2O2/c1-7(2)5-9(11(15)16)14-10-4-3-8(12)6-13-10/h3-4,6-7,9H,5H2,1-2H3,(H,13,14)(H,15,16)/t9-/m0/s1. The molecule has 0 aliphatic rings. The van der Waals surface area contributed by atoms with Gasteiger partial charge in [-0.25, -0.2) is 9.78 Å². The third kappa shape index (κ3) is 4.34. The Morgan fingerprint density at radius 1 is 1.56 bits per heavy atom. The minimum atomic E-state index is -0.839. The van der Waals surface area contributed by atoms with Gasteiger partial charge in [-0.3, -0.25) is 0 Å². The lowest BCUT2D eigenvalue weighted by molar-refractivity contribution is -0.138. The number of pyridine rings is 1. The first-order chi connectivity index (χ1) is 7.49. The summed E-state index contributed by atoms with van der Waals surface area (Å²) in [6.07, 6.45) is 2.29. The third-order valence-electron chi connectivity index (χ3n) is 2.05. The summed E-state index contributed by atoms with van der Waals surface area (Å²) >= 11 is 2.16. The van der Waals surface area contributed by atoms with E-state index in [1.807, 2.05) is 19.9 Å². The van der Waals surface area contributed by atoms with Crippen molar-refractivity contribution >= 4 is 34.4 Å². The van der Waals surface area contributed by atoms with Crippen LogP contribution in [0.3, 0.4) is 0 Å². The van der Waals surface area contributed by atoms with Gasteiger partial charge in [0, 0.05) is 9.77 Å². The maximum Gasteiger partial charge on any atom is 0.326 e. The van der Waals surface area contributed by atoms with Gasteiger partial charge in [-0.2, -0.15) is 0 Å². The zero-order valence-electron chi connectivity index (χ0n) is 9.27. The lowest BCUT2D eigenvalue weighted by atomic mass is 10.0. The molecule has 0 aliphatic heterocycles. The summed E-state index contributed by atoms with van der Waals surface area (Å²) in [5, 5.41) is 12.0. The predicted molar refractivity (Wildman–Crippen MR) is 71.5 cm³/mol. The van der Waals surface area contributed by atoms with Gasteiger partial charge in [-0.15, -0.1) is 0 Å². The van der Waals surface area contributed by atoms with Crippen molar-refractivity contribution in [2.75, 3.05) is 5.32 Å². The van der Waals surface area contributed by atoms with Gasteiger partial charge in [0.05, 0.1) is 0 Å². The number of rotatable bonds is 5. The van der Waals surface area contributed by atoms with Gasteiger partial charge in [-0.05, 0) is 47.1 Å². The summed E-state index contributed by atoms with van der Waals surface area (Å²) in [6.45, 7) is 4.00. The first kappa shape index (κ1) is 13.2. The molecule has 0 fully saturated rings. The van der Waals surface area contributed by atoms with Crippen LogP contribution in [0.1, 0.15) is 20.3 Å². The van der Waals surface area contributed by atoms with Crippen molar-refractivity contribution in [2.45, 2.75) is 26.3 Å². The normalized spacial score (nSPS) is 12.5. The zero-order chi connectivity index (χ0) is 12.1. The third-order valence-corrected chi connectivity index (χ3v) is 2.69. The molecule has 4 nitrogen and oxygen atoms in total. The molecule has 5 heteroatoms. The van der Waals surface area contributed by atoms with Crippen LogP contribution >= 0.6 is 22.6 Å². The van der Waals surface area contributed by atoms with Gasteiger partial charge < -0.3 is 10.4 Å². The molecule has 0 spiro atoms. The Morgan fingerprint density at radius 3 is 2.69 bits per heavy atom. The Hall–Kier alpha value is -0.850. The number of aliphatic carboxylic acids is 1. The first-order valence-electron chi connectivity index (χ1n) is 5.10. The lowest BCUT2D eigenvalue weighted by Crippen LogP contribution is -2.31. The van der Waals surface area contributed by atoms with Crippen molar-refractivity contribution in [3.8, 4) is 0 Å². The average molecular weight is 334 g/mol. The van der Waals surface area contributed by atoms with Gasteiger partial charge in [0.2, 0.25) is 0 Å². The topological polar surface area (TPSA) is 62.2 Å². The molecule has 0 amide bonds. The fraction of sp³-hybridized carbons (Fsp3) is 0.455.